The molecule has 0 aliphatic carbocycles. The SMILES string of the molecule is N/N=C(/c1nnc2c(n1)[nH]c1ccccc12)c1ccc(O)cc1O. The van der Waals surface area contributed by atoms with Crippen LogP contribution in [0.1, 0.15) is 11.4 Å². The molecule has 0 aliphatic heterocycles. The number of phenolic OH excluding ortho intramolecular Hbond substituents is 2. The lowest BCUT2D eigenvalue weighted by Crippen LogP contribution is -2.12. The van der Waals surface area contributed by atoms with Gasteiger partial charge in [-0.15, -0.1) is 10.2 Å². The maximum absolute atomic E-state index is 10.0. The second-order valence-corrected chi connectivity index (χ2v) is 5.18. The van der Waals surface area contributed by atoms with Crippen LogP contribution in [0.15, 0.2) is 47.6 Å². The minimum atomic E-state index is -0.181. The molecular weight excluding hydrogens is 308 g/mol. The molecule has 118 valence electrons. The van der Waals surface area contributed by atoms with E-state index in [1.54, 1.807) is 0 Å². The maximum Gasteiger partial charge on any atom is 0.204 e. The van der Waals surface area contributed by atoms with Crippen LogP contribution < -0.4 is 5.84 Å². The molecule has 2 aromatic carbocycles. The molecule has 4 rings (SSSR count). The molecule has 4 aromatic rings. The highest BCUT2D eigenvalue weighted by molar-refractivity contribution is 6.13. The standard InChI is InChI=1S/C16H12N6O2/c17-20-13(10-6-5-8(23)7-12(10)24)16-19-15-14(21-22-16)9-3-1-2-4-11(9)18-15/h1-7,23-24H,17H2,(H,18,19,22)/b20-13+. The number of nitrogens with two attached hydrogens (primary N) is 1. The number of hydrogen-bond acceptors (Lipinski definition) is 7. The van der Waals surface area contributed by atoms with Crippen LogP contribution in [0, 0.1) is 0 Å². The summed E-state index contributed by atoms with van der Waals surface area (Å²) >= 11 is 0. The molecule has 8 nitrogen and oxygen atoms in total. The van der Waals surface area contributed by atoms with Gasteiger partial charge in [-0.05, 0) is 18.2 Å². The number of phenols is 2. The van der Waals surface area contributed by atoms with Crippen LogP contribution in [0.3, 0.4) is 0 Å². The Labute approximate surface area is 135 Å². The number of aromatic amines is 1. The second-order valence-electron chi connectivity index (χ2n) is 5.18. The van der Waals surface area contributed by atoms with Gasteiger partial charge >= 0.3 is 0 Å². The summed E-state index contributed by atoms with van der Waals surface area (Å²) in [6, 6.07) is 11.7. The highest BCUT2D eigenvalue weighted by Crippen LogP contribution is 2.26. The van der Waals surface area contributed by atoms with Crippen molar-refractivity contribution in [3.63, 3.8) is 0 Å². The molecule has 24 heavy (non-hydrogen) atoms. The lowest BCUT2D eigenvalue weighted by Gasteiger charge is -2.06. The third-order valence-electron chi connectivity index (χ3n) is 3.70. The number of fused-ring (bicyclic) bond motifs is 3. The van der Waals surface area contributed by atoms with Gasteiger partial charge in [-0.1, -0.05) is 18.2 Å². The number of aromatic nitrogens is 4. The molecule has 0 spiro atoms. The number of H-pyrrole nitrogens is 1. The molecule has 2 aromatic heterocycles. The van der Waals surface area contributed by atoms with E-state index in [9.17, 15) is 10.2 Å². The number of para-hydroxylation sites is 1. The van der Waals surface area contributed by atoms with Gasteiger partial charge in [-0.3, -0.25) is 0 Å². The van der Waals surface area contributed by atoms with Crippen molar-refractivity contribution in [2.75, 3.05) is 0 Å². The van der Waals surface area contributed by atoms with Crippen LogP contribution in [0.2, 0.25) is 0 Å². The minimum absolute atomic E-state index is 0.0715. The highest BCUT2D eigenvalue weighted by Gasteiger charge is 2.17. The first-order valence-corrected chi connectivity index (χ1v) is 7.09. The number of hydrogen-bond donors (Lipinski definition) is 4. The molecule has 0 bridgehead atoms. The molecule has 2 heterocycles. The van der Waals surface area contributed by atoms with Crippen molar-refractivity contribution in [1.29, 1.82) is 0 Å². The van der Waals surface area contributed by atoms with E-state index < -0.39 is 0 Å². The molecule has 0 saturated carbocycles. The van der Waals surface area contributed by atoms with E-state index in [-0.39, 0.29) is 23.0 Å². The second kappa shape index (κ2) is 5.20. The van der Waals surface area contributed by atoms with Gasteiger partial charge in [0.2, 0.25) is 5.82 Å². The number of benzene rings is 2. The summed E-state index contributed by atoms with van der Waals surface area (Å²) < 4.78 is 0. The normalized spacial score (nSPS) is 12.1. The summed E-state index contributed by atoms with van der Waals surface area (Å²) in [6.45, 7) is 0. The Hall–Kier alpha value is -3.68. The smallest absolute Gasteiger partial charge is 0.204 e. The molecular formula is C16H12N6O2. The van der Waals surface area contributed by atoms with E-state index in [4.69, 9.17) is 5.84 Å². The largest absolute Gasteiger partial charge is 0.508 e. The Balaban J connectivity index is 1.89. The van der Waals surface area contributed by atoms with Crippen LogP contribution in [0.4, 0.5) is 0 Å². The minimum Gasteiger partial charge on any atom is -0.508 e. The lowest BCUT2D eigenvalue weighted by molar-refractivity contribution is 0.450. The number of rotatable bonds is 2. The Kier molecular flexibility index (Phi) is 3.02. The fourth-order valence-electron chi connectivity index (χ4n) is 2.59. The van der Waals surface area contributed by atoms with Gasteiger partial charge < -0.3 is 21.0 Å². The van der Waals surface area contributed by atoms with Crippen molar-refractivity contribution in [3.8, 4) is 11.5 Å². The fourth-order valence-corrected chi connectivity index (χ4v) is 2.59. The van der Waals surface area contributed by atoms with Crippen molar-refractivity contribution >= 4 is 27.8 Å². The molecule has 0 radical (unpaired) electrons. The molecule has 5 N–H and O–H groups in total. The van der Waals surface area contributed by atoms with E-state index in [0.29, 0.717) is 16.7 Å². The first-order valence-electron chi connectivity index (χ1n) is 7.09. The molecule has 0 atom stereocenters. The Morgan fingerprint density at radius 1 is 1.08 bits per heavy atom. The zero-order valence-corrected chi connectivity index (χ0v) is 12.3. The quantitative estimate of drug-likeness (QED) is 0.252. The summed E-state index contributed by atoms with van der Waals surface area (Å²) in [5, 5.41) is 32.3. The van der Waals surface area contributed by atoms with Crippen molar-refractivity contribution in [2.45, 2.75) is 0 Å². The molecule has 0 amide bonds. The van der Waals surface area contributed by atoms with E-state index in [1.165, 1.54) is 18.2 Å². The zero-order valence-electron chi connectivity index (χ0n) is 12.3. The Morgan fingerprint density at radius 3 is 2.71 bits per heavy atom. The van der Waals surface area contributed by atoms with Crippen molar-refractivity contribution in [3.05, 3.63) is 53.9 Å². The van der Waals surface area contributed by atoms with E-state index in [1.807, 2.05) is 24.3 Å². The van der Waals surface area contributed by atoms with Gasteiger partial charge in [-0.2, -0.15) is 5.10 Å². The summed E-state index contributed by atoms with van der Waals surface area (Å²) in [5.74, 6) is 5.37. The summed E-state index contributed by atoms with van der Waals surface area (Å²) in [4.78, 5) is 7.57. The highest BCUT2D eigenvalue weighted by atomic mass is 16.3. The topological polar surface area (TPSA) is 133 Å². The van der Waals surface area contributed by atoms with Crippen molar-refractivity contribution in [2.24, 2.45) is 10.9 Å². The average Bonchev–Trinajstić information content (AvgIpc) is 2.95. The van der Waals surface area contributed by atoms with E-state index in [0.717, 1.165) is 10.9 Å². The van der Waals surface area contributed by atoms with Crippen LogP contribution in [0.5, 0.6) is 11.5 Å². The first-order chi connectivity index (χ1) is 11.7. The van der Waals surface area contributed by atoms with Gasteiger partial charge in [0.1, 0.15) is 22.7 Å². The third kappa shape index (κ3) is 2.09. The van der Waals surface area contributed by atoms with Gasteiger partial charge in [0, 0.05) is 22.5 Å². The van der Waals surface area contributed by atoms with E-state index >= 15 is 0 Å². The van der Waals surface area contributed by atoms with Crippen molar-refractivity contribution < 1.29 is 10.2 Å². The Morgan fingerprint density at radius 2 is 1.92 bits per heavy atom. The molecule has 0 aliphatic rings. The first kappa shape index (κ1) is 13.9. The monoisotopic (exact) mass is 320 g/mol. The average molecular weight is 320 g/mol. The van der Waals surface area contributed by atoms with Gasteiger partial charge in [0.05, 0.1) is 0 Å². The molecule has 0 fully saturated rings. The van der Waals surface area contributed by atoms with Crippen LogP contribution >= 0.6 is 0 Å². The predicted molar refractivity (Wildman–Crippen MR) is 88.8 cm³/mol. The number of hydrazone groups is 1. The summed E-state index contributed by atoms with van der Waals surface area (Å²) in [6.07, 6.45) is 0. The zero-order chi connectivity index (χ0) is 16.7. The van der Waals surface area contributed by atoms with Crippen LogP contribution in [0.25, 0.3) is 22.1 Å². The Bertz CT molecular complexity index is 1100. The lowest BCUT2D eigenvalue weighted by atomic mass is 10.1. The van der Waals surface area contributed by atoms with Crippen LogP contribution in [-0.2, 0) is 0 Å². The molecule has 0 unspecified atom stereocenters. The van der Waals surface area contributed by atoms with Gasteiger partial charge in [0.15, 0.2) is 5.65 Å². The summed E-state index contributed by atoms with van der Waals surface area (Å²) in [7, 11) is 0. The van der Waals surface area contributed by atoms with E-state index in [2.05, 4.69) is 25.3 Å². The summed E-state index contributed by atoms with van der Waals surface area (Å²) in [5.41, 5.74) is 2.54. The maximum atomic E-state index is 10.0. The fraction of sp³-hybridized carbons (Fsp3) is 0. The van der Waals surface area contributed by atoms with Gasteiger partial charge in [0.25, 0.3) is 0 Å². The van der Waals surface area contributed by atoms with Crippen molar-refractivity contribution in [1.82, 2.24) is 20.2 Å². The van der Waals surface area contributed by atoms with Crippen LogP contribution in [-0.4, -0.2) is 36.1 Å². The number of aromatic hydroxyl groups is 2. The number of nitrogens with zero attached hydrogens (tertiary/aromatic N) is 4. The predicted octanol–water partition coefficient (Wildman–Crippen LogP) is 1.63. The van der Waals surface area contributed by atoms with Gasteiger partial charge in [-0.25, -0.2) is 4.98 Å². The molecule has 0 saturated heterocycles. The molecule has 8 heteroatoms. The third-order valence-corrected chi connectivity index (χ3v) is 3.70. The number of nitrogens with one attached hydrogen (secondary N) is 1.